The van der Waals surface area contributed by atoms with Gasteiger partial charge in [-0.25, -0.2) is 0 Å². The zero-order valence-corrected chi connectivity index (χ0v) is 15.5. The molecule has 140 valence electrons. The summed E-state index contributed by atoms with van der Waals surface area (Å²) in [5, 5.41) is 2.88. The summed E-state index contributed by atoms with van der Waals surface area (Å²) in [5.74, 6) is 2.53. The van der Waals surface area contributed by atoms with Crippen molar-refractivity contribution in [1.82, 2.24) is 5.32 Å². The third-order valence-corrected chi connectivity index (χ3v) is 3.67. The second-order valence-electron chi connectivity index (χ2n) is 5.84. The number of benzene rings is 2. The van der Waals surface area contributed by atoms with Crippen molar-refractivity contribution in [3.8, 4) is 23.0 Å². The summed E-state index contributed by atoms with van der Waals surface area (Å²) in [4.78, 5) is 12.3. The summed E-state index contributed by atoms with van der Waals surface area (Å²) < 4.78 is 21.6. The largest absolute Gasteiger partial charge is 0.497 e. The van der Waals surface area contributed by atoms with Crippen molar-refractivity contribution in [1.29, 1.82) is 0 Å². The van der Waals surface area contributed by atoms with Crippen molar-refractivity contribution in [2.75, 3.05) is 20.8 Å². The molecule has 0 aromatic heterocycles. The number of carbonyl (C=O) groups excluding carboxylic acids is 1. The Morgan fingerprint density at radius 2 is 1.54 bits per heavy atom. The zero-order valence-electron chi connectivity index (χ0n) is 15.5. The summed E-state index contributed by atoms with van der Waals surface area (Å²) in [6, 6.07) is 14.3. The first-order valence-electron chi connectivity index (χ1n) is 8.39. The van der Waals surface area contributed by atoms with Crippen LogP contribution in [0.2, 0.25) is 0 Å². The van der Waals surface area contributed by atoms with Gasteiger partial charge in [0.25, 0.3) is 5.91 Å². The van der Waals surface area contributed by atoms with E-state index >= 15 is 0 Å². The van der Waals surface area contributed by atoms with E-state index in [1.54, 1.807) is 33.3 Å². The predicted octanol–water partition coefficient (Wildman–Crippen LogP) is 3.05. The number of nitrogens with one attached hydrogen (secondary N) is 1. The molecule has 0 heterocycles. The quantitative estimate of drug-likeness (QED) is 0.745. The molecule has 0 radical (unpaired) electrons. The maximum absolute atomic E-state index is 12.3. The average Bonchev–Trinajstić information content (AvgIpc) is 2.66. The van der Waals surface area contributed by atoms with Gasteiger partial charge in [-0.05, 0) is 50.2 Å². The number of amides is 1. The second kappa shape index (κ2) is 9.56. The summed E-state index contributed by atoms with van der Waals surface area (Å²) in [6.45, 7) is 3.93. The van der Waals surface area contributed by atoms with Crippen molar-refractivity contribution in [2.45, 2.75) is 26.0 Å². The Bertz CT molecular complexity index is 702. The fraction of sp³-hybridized carbons (Fsp3) is 0.350. The fourth-order valence-electron chi connectivity index (χ4n) is 2.23. The maximum Gasteiger partial charge on any atom is 0.261 e. The Kier molecular flexibility index (Phi) is 7.14. The molecule has 0 saturated heterocycles. The molecule has 2 atom stereocenters. The van der Waals surface area contributed by atoms with Gasteiger partial charge < -0.3 is 24.3 Å². The molecule has 0 saturated carbocycles. The molecule has 2 aromatic rings. The van der Waals surface area contributed by atoms with Crippen LogP contribution in [0.5, 0.6) is 23.0 Å². The van der Waals surface area contributed by atoms with E-state index in [4.69, 9.17) is 18.9 Å². The monoisotopic (exact) mass is 359 g/mol. The van der Waals surface area contributed by atoms with E-state index in [0.29, 0.717) is 23.9 Å². The standard InChI is InChI=1S/C20H25NO5/c1-14(13-25-17-10-8-16(23-3)9-11-17)21-20(22)15(2)26-19-7-5-6-18(12-19)24-4/h5-12,14-15H,13H2,1-4H3,(H,21,22)/t14-,15+/m0/s1. The molecule has 0 aliphatic carbocycles. The van der Waals surface area contributed by atoms with Gasteiger partial charge in [-0.2, -0.15) is 0 Å². The molecule has 2 aromatic carbocycles. The van der Waals surface area contributed by atoms with Crippen molar-refractivity contribution < 1.29 is 23.7 Å². The van der Waals surface area contributed by atoms with Crippen molar-refractivity contribution in [2.24, 2.45) is 0 Å². The van der Waals surface area contributed by atoms with Gasteiger partial charge in [0.05, 0.1) is 20.3 Å². The Balaban J connectivity index is 1.79. The Hall–Kier alpha value is -2.89. The molecule has 26 heavy (non-hydrogen) atoms. The average molecular weight is 359 g/mol. The normalized spacial score (nSPS) is 12.6. The minimum atomic E-state index is -0.634. The molecule has 0 fully saturated rings. The van der Waals surface area contributed by atoms with Gasteiger partial charge in [0, 0.05) is 6.07 Å². The second-order valence-corrected chi connectivity index (χ2v) is 5.84. The molecule has 0 bridgehead atoms. The predicted molar refractivity (Wildman–Crippen MR) is 99.2 cm³/mol. The van der Waals surface area contributed by atoms with Crippen LogP contribution in [0.3, 0.4) is 0 Å². The minimum absolute atomic E-state index is 0.166. The van der Waals surface area contributed by atoms with E-state index in [-0.39, 0.29) is 11.9 Å². The molecule has 0 spiro atoms. The van der Waals surface area contributed by atoms with E-state index in [2.05, 4.69) is 5.32 Å². The molecule has 1 N–H and O–H groups in total. The first-order valence-corrected chi connectivity index (χ1v) is 8.39. The van der Waals surface area contributed by atoms with Gasteiger partial charge in [-0.3, -0.25) is 4.79 Å². The number of rotatable bonds is 9. The molecular weight excluding hydrogens is 334 g/mol. The van der Waals surface area contributed by atoms with E-state index in [1.165, 1.54) is 0 Å². The summed E-state index contributed by atoms with van der Waals surface area (Å²) in [5.41, 5.74) is 0. The number of hydrogen-bond donors (Lipinski definition) is 1. The first kappa shape index (κ1) is 19.4. The molecule has 2 rings (SSSR count). The summed E-state index contributed by atoms with van der Waals surface area (Å²) >= 11 is 0. The molecule has 1 amide bonds. The molecule has 0 aliphatic rings. The SMILES string of the molecule is COc1ccc(OC[C@H](C)NC(=O)[C@@H](C)Oc2cccc(OC)c2)cc1. The van der Waals surface area contributed by atoms with Crippen molar-refractivity contribution >= 4 is 5.91 Å². The minimum Gasteiger partial charge on any atom is -0.497 e. The highest BCUT2D eigenvalue weighted by atomic mass is 16.5. The lowest BCUT2D eigenvalue weighted by Crippen LogP contribution is -2.43. The van der Waals surface area contributed by atoms with Crippen LogP contribution in [-0.4, -0.2) is 38.9 Å². The molecule has 0 unspecified atom stereocenters. The van der Waals surface area contributed by atoms with Gasteiger partial charge in [-0.15, -0.1) is 0 Å². The lowest BCUT2D eigenvalue weighted by Gasteiger charge is -2.19. The molecule has 0 aliphatic heterocycles. The first-order chi connectivity index (χ1) is 12.5. The summed E-state index contributed by atoms with van der Waals surface area (Å²) in [6.07, 6.45) is -0.634. The van der Waals surface area contributed by atoms with Gasteiger partial charge in [0.2, 0.25) is 0 Å². The Morgan fingerprint density at radius 3 is 2.19 bits per heavy atom. The van der Waals surface area contributed by atoms with Crippen LogP contribution >= 0.6 is 0 Å². The van der Waals surface area contributed by atoms with Gasteiger partial charge >= 0.3 is 0 Å². The summed E-state index contributed by atoms with van der Waals surface area (Å²) in [7, 11) is 3.20. The van der Waals surface area contributed by atoms with Crippen LogP contribution in [0.25, 0.3) is 0 Å². The van der Waals surface area contributed by atoms with Crippen LogP contribution in [0.4, 0.5) is 0 Å². The number of hydrogen-bond acceptors (Lipinski definition) is 5. The Morgan fingerprint density at radius 1 is 0.923 bits per heavy atom. The number of ether oxygens (including phenoxy) is 4. The van der Waals surface area contributed by atoms with Gasteiger partial charge in [-0.1, -0.05) is 6.07 Å². The van der Waals surface area contributed by atoms with E-state index in [1.807, 2.05) is 43.3 Å². The van der Waals surface area contributed by atoms with Crippen molar-refractivity contribution in [3.05, 3.63) is 48.5 Å². The smallest absolute Gasteiger partial charge is 0.261 e. The van der Waals surface area contributed by atoms with Crippen LogP contribution < -0.4 is 24.3 Å². The van der Waals surface area contributed by atoms with Gasteiger partial charge in [0.15, 0.2) is 6.10 Å². The zero-order chi connectivity index (χ0) is 18.9. The van der Waals surface area contributed by atoms with Crippen LogP contribution in [0.15, 0.2) is 48.5 Å². The maximum atomic E-state index is 12.3. The fourth-order valence-corrected chi connectivity index (χ4v) is 2.23. The lowest BCUT2D eigenvalue weighted by molar-refractivity contribution is -0.128. The highest BCUT2D eigenvalue weighted by Crippen LogP contribution is 2.20. The van der Waals surface area contributed by atoms with Crippen LogP contribution in [-0.2, 0) is 4.79 Å². The lowest BCUT2D eigenvalue weighted by atomic mass is 10.3. The molecule has 6 heteroatoms. The van der Waals surface area contributed by atoms with Crippen molar-refractivity contribution in [3.63, 3.8) is 0 Å². The van der Waals surface area contributed by atoms with E-state index < -0.39 is 6.10 Å². The van der Waals surface area contributed by atoms with E-state index in [9.17, 15) is 4.79 Å². The van der Waals surface area contributed by atoms with Crippen LogP contribution in [0.1, 0.15) is 13.8 Å². The molecule has 6 nitrogen and oxygen atoms in total. The number of carbonyl (C=O) groups is 1. The third kappa shape index (κ3) is 5.88. The highest BCUT2D eigenvalue weighted by Gasteiger charge is 2.17. The Labute approximate surface area is 154 Å². The highest BCUT2D eigenvalue weighted by molar-refractivity contribution is 5.81. The molecular formula is C20H25NO5. The number of methoxy groups -OCH3 is 2. The van der Waals surface area contributed by atoms with Gasteiger partial charge in [0.1, 0.15) is 29.6 Å². The third-order valence-electron chi connectivity index (χ3n) is 3.67. The topological polar surface area (TPSA) is 66.0 Å². The van der Waals surface area contributed by atoms with Crippen LogP contribution in [0, 0.1) is 0 Å². The van der Waals surface area contributed by atoms with E-state index in [0.717, 1.165) is 5.75 Å².